The summed E-state index contributed by atoms with van der Waals surface area (Å²) in [6.45, 7) is 1.12. The molecule has 0 unspecified atom stereocenters. The average Bonchev–Trinajstić information content (AvgIpc) is 2.52. The standard InChI is InChI=1S/C10H9NSe/c1-3-8-4-2-6-11-7-12-9(5-1)10(8)11/h1-5H,6-7H2. The number of hydrogen-bond acceptors (Lipinski definition) is 1. The molecule has 0 atom stereocenters. The van der Waals surface area contributed by atoms with Crippen LogP contribution in [0, 0.1) is 0 Å². The molecule has 0 aromatic heterocycles. The van der Waals surface area contributed by atoms with Crippen molar-refractivity contribution in [3.63, 3.8) is 0 Å². The van der Waals surface area contributed by atoms with Crippen molar-refractivity contribution in [2.24, 2.45) is 0 Å². The van der Waals surface area contributed by atoms with Crippen molar-refractivity contribution in [2.45, 2.75) is 0 Å². The Morgan fingerprint density at radius 2 is 2.33 bits per heavy atom. The van der Waals surface area contributed by atoms with Gasteiger partial charge < -0.3 is 0 Å². The molecule has 2 heterocycles. The molecule has 0 bridgehead atoms. The molecule has 1 nitrogen and oxygen atoms in total. The third-order valence-electron chi connectivity index (χ3n) is 2.35. The van der Waals surface area contributed by atoms with E-state index in [4.69, 9.17) is 0 Å². The molecule has 12 heavy (non-hydrogen) atoms. The van der Waals surface area contributed by atoms with Gasteiger partial charge >= 0.3 is 77.9 Å². The van der Waals surface area contributed by atoms with E-state index in [1.54, 1.807) is 4.46 Å². The molecule has 1 aromatic carbocycles. The van der Waals surface area contributed by atoms with Gasteiger partial charge in [0.15, 0.2) is 0 Å². The third-order valence-corrected chi connectivity index (χ3v) is 4.61. The summed E-state index contributed by atoms with van der Waals surface area (Å²) in [5, 5.41) is 0. The van der Waals surface area contributed by atoms with E-state index in [1.807, 2.05) is 0 Å². The van der Waals surface area contributed by atoms with Gasteiger partial charge in [0.1, 0.15) is 0 Å². The fourth-order valence-corrected chi connectivity index (χ4v) is 4.07. The van der Waals surface area contributed by atoms with Crippen molar-refractivity contribution in [1.82, 2.24) is 0 Å². The van der Waals surface area contributed by atoms with Gasteiger partial charge in [-0.2, -0.15) is 0 Å². The van der Waals surface area contributed by atoms with Gasteiger partial charge in [-0.05, 0) is 0 Å². The first-order valence-corrected chi connectivity index (χ1v) is 6.19. The summed E-state index contributed by atoms with van der Waals surface area (Å²) in [6.07, 6.45) is 4.50. The van der Waals surface area contributed by atoms with E-state index in [0.717, 1.165) is 6.54 Å². The SMILES string of the molecule is C1=Cc2cccc3c2N(C1)C[Se]3. The van der Waals surface area contributed by atoms with E-state index in [-0.39, 0.29) is 0 Å². The molecule has 0 saturated carbocycles. The Morgan fingerprint density at radius 3 is 3.33 bits per heavy atom. The fraction of sp³-hybridized carbons (Fsp3) is 0.200. The van der Waals surface area contributed by atoms with Crippen molar-refractivity contribution in [2.75, 3.05) is 16.9 Å². The molecule has 2 aliphatic heterocycles. The van der Waals surface area contributed by atoms with E-state index < -0.39 is 0 Å². The summed E-state index contributed by atoms with van der Waals surface area (Å²) in [6, 6.07) is 6.66. The normalized spacial score (nSPS) is 18.2. The van der Waals surface area contributed by atoms with Crippen LogP contribution >= 0.6 is 0 Å². The van der Waals surface area contributed by atoms with E-state index >= 15 is 0 Å². The zero-order valence-electron chi connectivity index (χ0n) is 6.66. The van der Waals surface area contributed by atoms with Crippen LogP contribution in [0.15, 0.2) is 24.3 Å². The molecular weight excluding hydrogens is 213 g/mol. The van der Waals surface area contributed by atoms with Gasteiger partial charge in [0.05, 0.1) is 0 Å². The van der Waals surface area contributed by atoms with Gasteiger partial charge in [-0.25, -0.2) is 0 Å². The zero-order chi connectivity index (χ0) is 7.97. The zero-order valence-corrected chi connectivity index (χ0v) is 8.37. The number of benzene rings is 1. The summed E-state index contributed by atoms with van der Waals surface area (Å²) < 4.78 is 1.59. The number of rotatable bonds is 0. The molecule has 3 rings (SSSR count). The van der Waals surface area contributed by atoms with Gasteiger partial charge in [-0.3, -0.25) is 0 Å². The molecule has 1 aromatic rings. The van der Waals surface area contributed by atoms with Gasteiger partial charge in [-0.15, -0.1) is 0 Å². The minimum atomic E-state index is 0.692. The average molecular weight is 222 g/mol. The molecule has 60 valence electrons. The number of nitrogens with zero attached hydrogens (tertiary/aromatic N) is 1. The van der Waals surface area contributed by atoms with Gasteiger partial charge in [0.25, 0.3) is 0 Å². The Labute approximate surface area is 78.2 Å². The van der Waals surface area contributed by atoms with Gasteiger partial charge in [0.2, 0.25) is 0 Å². The molecule has 0 aliphatic carbocycles. The van der Waals surface area contributed by atoms with Gasteiger partial charge in [-0.1, -0.05) is 0 Å². The topological polar surface area (TPSA) is 3.24 Å². The van der Waals surface area contributed by atoms with Crippen molar-refractivity contribution in [1.29, 1.82) is 0 Å². The summed E-state index contributed by atoms with van der Waals surface area (Å²) >= 11 is 0.692. The van der Waals surface area contributed by atoms with Crippen molar-refractivity contribution >= 4 is 31.2 Å². The number of hydrogen-bond donors (Lipinski definition) is 0. The maximum atomic E-state index is 2.49. The first kappa shape index (κ1) is 6.76. The van der Waals surface area contributed by atoms with Crippen molar-refractivity contribution in [3.8, 4) is 0 Å². The molecule has 0 amide bonds. The van der Waals surface area contributed by atoms with Gasteiger partial charge in [0, 0.05) is 0 Å². The summed E-state index contributed by atoms with van der Waals surface area (Å²) in [4.78, 5) is 2.49. The molecule has 2 heteroatoms. The van der Waals surface area contributed by atoms with Crippen LogP contribution in [0.1, 0.15) is 5.56 Å². The van der Waals surface area contributed by atoms with Crippen LogP contribution in [-0.4, -0.2) is 26.9 Å². The van der Waals surface area contributed by atoms with Crippen LogP contribution in [0.2, 0.25) is 0 Å². The summed E-state index contributed by atoms with van der Waals surface area (Å²) in [5.41, 5.74) is 4.20. The number of anilines is 1. The second-order valence-electron chi connectivity index (χ2n) is 3.09. The van der Waals surface area contributed by atoms with Crippen LogP contribution in [0.4, 0.5) is 5.69 Å². The van der Waals surface area contributed by atoms with Crippen LogP contribution in [0.3, 0.4) is 0 Å². The molecule has 0 saturated heterocycles. The number of para-hydroxylation sites is 1. The second-order valence-corrected chi connectivity index (χ2v) is 5.16. The maximum absolute atomic E-state index is 2.49. The fourth-order valence-electron chi connectivity index (χ4n) is 1.79. The summed E-state index contributed by atoms with van der Waals surface area (Å²) in [7, 11) is 0. The predicted molar refractivity (Wildman–Crippen MR) is 53.1 cm³/mol. The predicted octanol–water partition coefficient (Wildman–Crippen LogP) is 0.820. The van der Waals surface area contributed by atoms with E-state index in [2.05, 4.69) is 35.3 Å². The molecule has 0 N–H and O–H groups in total. The molecule has 2 aliphatic rings. The Kier molecular flexibility index (Phi) is 1.34. The first-order valence-electron chi connectivity index (χ1n) is 4.12. The van der Waals surface area contributed by atoms with Crippen LogP contribution in [0.25, 0.3) is 6.08 Å². The van der Waals surface area contributed by atoms with E-state index in [9.17, 15) is 0 Å². The van der Waals surface area contributed by atoms with Crippen molar-refractivity contribution < 1.29 is 0 Å². The van der Waals surface area contributed by atoms with Crippen LogP contribution in [-0.2, 0) is 0 Å². The Balaban J connectivity index is 2.30. The quantitative estimate of drug-likeness (QED) is 0.587. The minimum absolute atomic E-state index is 0.692. The Bertz CT molecular complexity index is 357. The third kappa shape index (κ3) is 0.795. The molecule has 0 spiro atoms. The monoisotopic (exact) mass is 223 g/mol. The summed E-state index contributed by atoms with van der Waals surface area (Å²) in [5.74, 6) is 0. The molecular formula is C10H9NSe. The second kappa shape index (κ2) is 2.38. The van der Waals surface area contributed by atoms with Crippen LogP contribution < -0.4 is 9.36 Å². The Morgan fingerprint density at radius 1 is 1.33 bits per heavy atom. The molecule has 0 radical (unpaired) electrons. The first-order chi connectivity index (χ1) is 5.95. The molecule has 0 fully saturated rings. The van der Waals surface area contributed by atoms with Crippen LogP contribution in [0.5, 0.6) is 0 Å². The van der Waals surface area contributed by atoms with Crippen molar-refractivity contribution in [3.05, 3.63) is 29.8 Å². The van der Waals surface area contributed by atoms with E-state index in [0.29, 0.717) is 15.0 Å². The van der Waals surface area contributed by atoms with E-state index in [1.165, 1.54) is 16.7 Å². The Hall–Kier alpha value is -0.721.